The van der Waals surface area contributed by atoms with Gasteiger partial charge < -0.3 is 15.1 Å². The summed E-state index contributed by atoms with van der Waals surface area (Å²) in [5, 5.41) is 19.0. The molecule has 2 fully saturated rings. The van der Waals surface area contributed by atoms with Gasteiger partial charge in [-0.05, 0) is 31.6 Å². The molecule has 0 spiro atoms. The van der Waals surface area contributed by atoms with E-state index in [-0.39, 0.29) is 11.8 Å². The van der Waals surface area contributed by atoms with Crippen LogP contribution in [0.5, 0.6) is 0 Å². The average molecular weight is 269 g/mol. The summed E-state index contributed by atoms with van der Waals surface area (Å²) in [6, 6.07) is 0. The monoisotopic (exact) mass is 269 g/mol. The second-order valence-corrected chi connectivity index (χ2v) is 6.24. The molecule has 1 aliphatic heterocycles. The number of unbranched alkanes of at least 4 members (excludes halogenated alkanes) is 1. The number of aliphatic hydroxyl groups excluding tert-OH is 2. The number of hydrogen-bond acceptors (Lipinski definition) is 3. The number of aliphatic hydroxyl groups is 2. The number of carbonyl (C=O) groups is 1. The van der Waals surface area contributed by atoms with Gasteiger partial charge in [-0.1, -0.05) is 26.2 Å². The van der Waals surface area contributed by atoms with Gasteiger partial charge in [-0.3, -0.25) is 4.79 Å². The molecule has 2 atom stereocenters. The topological polar surface area (TPSA) is 60.8 Å². The zero-order valence-electron chi connectivity index (χ0n) is 11.9. The highest BCUT2D eigenvalue weighted by Crippen LogP contribution is 2.33. The lowest BCUT2D eigenvalue weighted by Crippen LogP contribution is -2.37. The third-order valence-electron chi connectivity index (χ3n) is 4.73. The van der Waals surface area contributed by atoms with Crippen molar-refractivity contribution in [3.05, 3.63) is 0 Å². The molecule has 0 aromatic heterocycles. The standard InChI is InChI=1S/C15H27NO3/c1-2-3-4-11-5-7-12(8-6-11)15(19)16-9-13(17)14(18)10-16/h11-14,17-18H,2-10H2,1H3/t11?,12?,13-,14+. The van der Waals surface area contributed by atoms with Gasteiger partial charge in [0.25, 0.3) is 0 Å². The van der Waals surface area contributed by atoms with Gasteiger partial charge in [0.15, 0.2) is 0 Å². The Morgan fingerprint density at radius 3 is 2.21 bits per heavy atom. The molecule has 0 unspecified atom stereocenters. The van der Waals surface area contributed by atoms with Gasteiger partial charge in [-0.15, -0.1) is 0 Å². The molecule has 4 nitrogen and oxygen atoms in total. The summed E-state index contributed by atoms with van der Waals surface area (Å²) < 4.78 is 0. The molecule has 2 aliphatic rings. The summed E-state index contributed by atoms with van der Waals surface area (Å²) >= 11 is 0. The highest BCUT2D eigenvalue weighted by atomic mass is 16.3. The van der Waals surface area contributed by atoms with Crippen molar-refractivity contribution in [2.75, 3.05) is 13.1 Å². The van der Waals surface area contributed by atoms with Crippen molar-refractivity contribution in [1.29, 1.82) is 0 Å². The summed E-state index contributed by atoms with van der Waals surface area (Å²) in [6.45, 7) is 2.82. The van der Waals surface area contributed by atoms with Crippen LogP contribution in [-0.4, -0.2) is 46.3 Å². The Balaban J connectivity index is 1.76. The van der Waals surface area contributed by atoms with Crippen LogP contribution in [-0.2, 0) is 4.79 Å². The van der Waals surface area contributed by atoms with Crippen LogP contribution in [0.2, 0.25) is 0 Å². The lowest BCUT2D eigenvalue weighted by Gasteiger charge is -2.30. The predicted molar refractivity (Wildman–Crippen MR) is 73.6 cm³/mol. The summed E-state index contributed by atoms with van der Waals surface area (Å²) in [4.78, 5) is 14.0. The molecular weight excluding hydrogens is 242 g/mol. The lowest BCUT2D eigenvalue weighted by molar-refractivity contribution is -0.136. The van der Waals surface area contributed by atoms with Crippen LogP contribution in [0, 0.1) is 11.8 Å². The van der Waals surface area contributed by atoms with Crippen molar-refractivity contribution in [3.8, 4) is 0 Å². The van der Waals surface area contributed by atoms with Gasteiger partial charge in [-0.25, -0.2) is 0 Å². The van der Waals surface area contributed by atoms with Crippen molar-refractivity contribution >= 4 is 5.91 Å². The molecule has 1 heterocycles. The predicted octanol–water partition coefficient (Wildman–Crippen LogP) is 1.55. The highest BCUT2D eigenvalue weighted by molar-refractivity contribution is 5.79. The summed E-state index contributed by atoms with van der Waals surface area (Å²) in [6.07, 6.45) is 6.63. The van der Waals surface area contributed by atoms with E-state index in [0.717, 1.165) is 31.6 Å². The first-order valence-corrected chi connectivity index (χ1v) is 7.76. The first-order valence-electron chi connectivity index (χ1n) is 7.76. The molecular formula is C15H27NO3. The summed E-state index contributed by atoms with van der Waals surface area (Å²) in [5.41, 5.74) is 0. The van der Waals surface area contributed by atoms with Crippen molar-refractivity contribution in [1.82, 2.24) is 4.90 Å². The van der Waals surface area contributed by atoms with Gasteiger partial charge >= 0.3 is 0 Å². The quantitative estimate of drug-likeness (QED) is 0.814. The van der Waals surface area contributed by atoms with E-state index in [1.165, 1.54) is 19.3 Å². The minimum absolute atomic E-state index is 0.121. The average Bonchev–Trinajstić information content (AvgIpc) is 2.76. The van der Waals surface area contributed by atoms with E-state index < -0.39 is 12.2 Å². The van der Waals surface area contributed by atoms with Gasteiger partial charge in [-0.2, -0.15) is 0 Å². The molecule has 0 radical (unpaired) electrons. The Kier molecular flexibility index (Phi) is 5.22. The van der Waals surface area contributed by atoms with Crippen molar-refractivity contribution in [2.24, 2.45) is 11.8 Å². The maximum absolute atomic E-state index is 12.3. The fourth-order valence-electron chi connectivity index (χ4n) is 3.40. The van der Waals surface area contributed by atoms with Crippen molar-refractivity contribution < 1.29 is 15.0 Å². The molecule has 0 aromatic carbocycles. The first kappa shape index (κ1) is 14.8. The molecule has 2 N–H and O–H groups in total. The Bertz CT molecular complexity index is 290. The van der Waals surface area contributed by atoms with Gasteiger partial charge in [0.1, 0.15) is 0 Å². The van der Waals surface area contributed by atoms with Crippen LogP contribution in [0.3, 0.4) is 0 Å². The van der Waals surface area contributed by atoms with Crippen LogP contribution in [0.25, 0.3) is 0 Å². The molecule has 1 saturated heterocycles. The number of β-amino-alcohol motifs (C(OH)–C–C–N with tert-alkyl or cyclic N) is 2. The number of amides is 1. The SMILES string of the molecule is CCCCC1CCC(C(=O)N2C[C@@H](O)[C@@H](O)C2)CC1. The van der Waals surface area contributed by atoms with Gasteiger partial charge in [0, 0.05) is 19.0 Å². The minimum Gasteiger partial charge on any atom is -0.388 e. The molecule has 0 bridgehead atoms. The zero-order chi connectivity index (χ0) is 13.8. The number of nitrogens with zero attached hydrogens (tertiary/aromatic N) is 1. The molecule has 19 heavy (non-hydrogen) atoms. The van der Waals surface area contributed by atoms with Crippen LogP contribution in [0.15, 0.2) is 0 Å². The number of rotatable bonds is 4. The molecule has 1 saturated carbocycles. The maximum Gasteiger partial charge on any atom is 0.225 e. The largest absolute Gasteiger partial charge is 0.388 e. The molecule has 0 aromatic rings. The van der Waals surface area contributed by atoms with E-state index in [4.69, 9.17) is 0 Å². The smallest absolute Gasteiger partial charge is 0.225 e. The van der Waals surface area contributed by atoms with E-state index in [2.05, 4.69) is 6.92 Å². The van der Waals surface area contributed by atoms with Gasteiger partial charge in [0.2, 0.25) is 5.91 Å². The number of likely N-dealkylation sites (tertiary alicyclic amines) is 1. The molecule has 4 heteroatoms. The molecule has 1 aliphatic carbocycles. The van der Waals surface area contributed by atoms with Crippen molar-refractivity contribution in [2.45, 2.75) is 64.1 Å². The summed E-state index contributed by atoms with van der Waals surface area (Å²) in [5.74, 6) is 1.07. The van der Waals surface area contributed by atoms with Crippen LogP contribution < -0.4 is 0 Å². The number of hydrogen-bond donors (Lipinski definition) is 2. The molecule has 2 rings (SSSR count). The Morgan fingerprint density at radius 1 is 1.11 bits per heavy atom. The van der Waals surface area contributed by atoms with Crippen LogP contribution >= 0.6 is 0 Å². The highest BCUT2D eigenvalue weighted by Gasteiger charge is 2.36. The first-order chi connectivity index (χ1) is 9.11. The minimum atomic E-state index is -0.759. The van der Waals surface area contributed by atoms with Crippen LogP contribution in [0.1, 0.15) is 51.9 Å². The molecule has 110 valence electrons. The molecule has 1 amide bonds. The van der Waals surface area contributed by atoms with E-state index in [1.54, 1.807) is 4.90 Å². The fraction of sp³-hybridized carbons (Fsp3) is 0.933. The maximum atomic E-state index is 12.3. The number of carbonyl (C=O) groups excluding carboxylic acids is 1. The fourth-order valence-corrected chi connectivity index (χ4v) is 3.40. The van der Waals surface area contributed by atoms with E-state index in [9.17, 15) is 15.0 Å². The lowest BCUT2D eigenvalue weighted by atomic mass is 9.79. The third kappa shape index (κ3) is 3.69. The normalized spacial score (nSPS) is 35.6. The van der Waals surface area contributed by atoms with E-state index in [0.29, 0.717) is 13.1 Å². The Labute approximate surface area is 115 Å². The van der Waals surface area contributed by atoms with Crippen LogP contribution in [0.4, 0.5) is 0 Å². The zero-order valence-corrected chi connectivity index (χ0v) is 11.9. The van der Waals surface area contributed by atoms with Crippen molar-refractivity contribution in [3.63, 3.8) is 0 Å². The second kappa shape index (κ2) is 6.71. The Hall–Kier alpha value is -0.610. The summed E-state index contributed by atoms with van der Waals surface area (Å²) in [7, 11) is 0. The van der Waals surface area contributed by atoms with E-state index >= 15 is 0 Å². The van der Waals surface area contributed by atoms with E-state index in [1.807, 2.05) is 0 Å². The Morgan fingerprint density at radius 2 is 1.68 bits per heavy atom. The second-order valence-electron chi connectivity index (χ2n) is 6.24. The van der Waals surface area contributed by atoms with Gasteiger partial charge in [0.05, 0.1) is 12.2 Å². The third-order valence-corrected chi connectivity index (χ3v) is 4.73.